The summed E-state index contributed by atoms with van der Waals surface area (Å²) in [5, 5.41) is 12.8. The van der Waals surface area contributed by atoms with Crippen molar-refractivity contribution in [2.24, 2.45) is 13.0 Å². The molecule has 2 fully saturated rings. The summed E-state index contributed by atoms with van der Waals surface area (Å²) in [6, 6.07) is 17.5. The molecule has 1 saturated heterocycles. The maximum absolute atomic E-state index is 15.1. The summed E-state index contributed by atoms with van der Waals surface area (Å²) in [6.07, 6.45) is 1.86. The summed E-state index contributed by atoms with van der Waals surface area (Å²) in [7, 11) is 2.93. The fourth-order valence-electron chi connectivity index (χ4n) is 7.29. The van der Waals surface area contributed by atoms with Gasteiger partial charge in [-0.15, -0.1) is 0 Å². The third-order valence-electron chi connectivity index (χ3n) is 9.28. The quantitative estimate of drug-likeness (QED) is 0.248. The first kappa shape index (κ1) is 29.0. The van der Waals surface area contributed by atoms with E-state index in [4.69, 9.17) is 27.9 Å². The number of hydrogen-bond donors (Lipinski definition) is 2. The predicted octanol–water partition coefficient (Wildman–Crippen LogP) is 3.99. The van der Waals surface area contributed by atoms with Crippen LogP contribution in [0.1, 0.15) is 29.5 Å². The van der Waals surface area contributed by atoms with Crippen LogP contribution in [-0.2, 0) is 28.6 Å². The Labute approximate surface area is 266 Å². The molecule has 13 heteroatoms. The number of ether oxygens (including phenoxy) is 1. The Morgan fingerprint density at radius 1 is 0.978 bits per heavy atom. The number of methoxy groups -OCH3 is 1. The number of halogens is 2. The van der Waals surface area contributed by atoms with E-state index < -0.39 is 46.5 Å². The maximum atomic E-state index is 15.1. The molecule has 11 nitrogen and oxygen atoms in total. The summed E-state index contributed by atoms with van der Waals surface area (Å²) >= 11 is 12.6. The Morgan fingerprint density at radius 2 is 1.71 bits per heavy atom. The normalized spacial score (nSPS) is 23.7. The lowest BCUT2D eigenvalue weighted by Gasteiger charge is -2.49. The molecule has 4 aromatic rings. The van der Waals surface area contributed by atoms with Gasteiger partial charge in [0.1, 0.15) is 11.5 Å². The number of benzene rings is 3. The number of phenols is 1. The molecule has 1 aliphatic carbocycles. The molecule has 0 bridgehead atoms. The zero-order valence-corrected chi connectivity index (χ0v) is 25.6. The molecular formula is C32H27Cl2N5O6. The number of carbonyl (C=O) groups excluding carboxylic acids is 2. The van der Waals surface area contributed by atoms with Crippen molar-refractivity contribution in [3.63, 3.8) is 0 Å². The van der Waals surface area contributed by atoms with Crippen LogP contribution in [0.4, 0.5) is 5.69 Å². The van der Waals surface area contributed by atoms with Crippen LogP contribution in [0.2, 0.25) is 10.0 Å². The standard InChI is InChI=1S/C32H27Cl2N5O6/c1-36-30(43)37-14-13-20-25(39(37)31(36)44)16-22-28(41)38(35-24-12-9-18(33)15-23(24)34)29(42)32(22,17-7-10-19(45-2)11-8-17)27(20)21-5-3-4-6-26(21)40/h3-13,15,22,25,27,35,40H,14,16H2,1-2H3/t22-,25+,27+,32+/m0/s1. The van der Waals surface area contributed by atoms with Crippen molar-refractivity contribution in [1.29, 1.82) is 0 Å². The van der Waals surface area contributed by atoms with Crippen LogP contribution < -0.4 is 21.5 Å². The number of hydrazine groups is 1. The van der Waals surface area contributed by atoms with Gasteiger partial charge < -0.3 is 9.84 Å². The maximum Gasteiger partial charge on any atom is 0.347 e. The number of amides is 2. The molecule has 2 N–H and O–H groups in total. The summed E-state index contributed by atoms with van der Waals surface area (Å²) in [6.45, 7) is 0.0681. The van der Waals surface area contributed by atoms with Crippen LogP contribution in [0.25, 0.3) is 0 Å². The third kappa shape index (κ3) is 4.03. The lowest BCUT2D eigenvalue weighted by atomic mass is 9.53. The number of aromatic hydroxyl groups is 1. The molecule has 0 radical (unpaired) electrons. The van der Waals surface area contributed by atoms with Crippen molar-refractivity contribution in [1.82, 2.24) is 18.9 Å². The number of nitrogens with one attached hydrogen (secondary N) is 1. The van der Waals surface area contributed by atoms with Gasteiger partial charge in [0.05, 0.1) is 41.7 Å². The number of para-hydroxylation sites is 1. The topological polar surface area (TPSA) is 128 Å². The number of hydrogen-bond acceptors (Lipinski definition) is 7. The fraction of sp³-hybridized carbons (Fsp3) is 0.250. The van der Waals surface area contributed by atoms with Crippen LogP contribution in [0, 0.1) is 5.92 Å². The van der Waals surface area contributed by atoms with Crippen LogP contribution in [0.15, 0.2) is 88.0 Å². The van der Waals surface area contributed by atoms with Gasteiger partial charge in [0.2, 0.25) is 0 Å². The number of imide groups is 1. The number of carbonyl (C=O) groups is 2. The summed E-state index contributed by atoms with van der Waals surface area (Å²) < 4.78 is 9.12. The largest absolute Gasteiger partial charge is 0.508 e. The highest BCUT2D eigenvalue weighted by Crippen LogP contribution is 2.62. The molecule has 3 aliphatic rings. The van der Waals surface area contributed by atoms with Crippen LogP contribution >= 0.6 is 23.2 Å². The SMILES string of the molecule is COc1ccc([C@@]23C(=O)N(Nc4ccc(Cl)cc4Cl)C(=O)[C@@H]2C[C@@H]2C(=CCn4c(=O)n(C)c(=O)n42)[C@@H]3c2ccccc2O)cc1. The van der Waals surface area contributed by atoms with E-state index in [0.717, 1.165) is 9.58 Å². The average Bonchev–Trinajstić information content (AvgIpc) is 3.39. The van der Waals surface area contributed by atoms with Crippen molar-refractivity contribution in [3.8, 4) is 11.5 Å². The minimum atomic E-state index is -1.57. The van der Waals surface area contributed by atoms with Gasteiger partial charge in [-0.2, -0.15) is 5.01 Å². The van der Waals surface area contributed by atoms with Crippen molar-refractivity contribution in [2.75, 3.05) is 12.5 Å². The number of rotatable bonds is 5. The number of aromatic nitrogens is 3. The van der Waals surface area contributed by atoms with E-state index in [1.165, 1.54) is 35.7 Å². The van der Waals surface area contributed by atoms with E-state index >= 15 is 4.79 Å². The molecule has 2 amide bonds. The lowest BCUT2D eigenvalue weighted by Crippen LogP contribution is -2.53. The molecule has 0 unspecified atom stereocenters. The molecular weight excluding hydrogens is 621 g/mol. The van der Waals surface area contributed by atoms with E-state index in [0.29, 0.717) is 27.5 Å². The third-order valence-corrected chi connectivity index (χ3v) is 9.83. The monoisotopic (exact) mass is 647 g/mol. The van der Waals surface area contributed by atoms with Crippen molar-refractivity contribution in [3.05, 3.63) is 121 Å². The minimum absolute atomic E-state index is 0.0302. The van der Waals surface area contributed by atoms with Crippen LogP contribution in [-0.4, -0.2) is 43.0 Å². The van der Waals surface area contributed by atoms with Gasteiger partial charge in [-0.05, 0) is 54.0 Å². The Kier molecular flexibility index (Phi) is 6.72. The average molecular weight is 649 g/mol. The molecule has 230 valence electrons. The number of allylic oxidation sites excluding steroid dienone is 2. The first-order valence-corrected chi connectivity index (χ1v) is 15.0. The minimum Gasteiger partial charge on any atom is -0.508 e. The molecule has 0 spiro atoms. The first-order chi connectivity index (χ1) is 21.6. The highest BCUT2D eigenvalue weighted by Gasteiger charge is 2.69. The zero-order chi connectivity index (χ0) is 31.8. The second-order valence-electron chi connectivity index (χ2n) is 11.4. The van der Waals surface area contributed by atoms with Gasteiger partial charge in [0, 0.05) is 23.6 Å². The molecule has 45 heavy (non-hydrogen) atoms. The smallest absolute Gasteiger partial charge is 0.347 e. The zero-order valence-electron chi connectivity index (χ0n) is 24.1. The highest BCUT2D eigenvalue weighted by atomic mass is 35.5. The Bertz CT molecular complexity index is 2050. The van der Waals surface area contributed by atoms with E-state index in [1.807, 2.05) is 6.08 Å². The van der Waals surface area contributed by atoms with Gasteiger partial charge in [-0.25, -0.2) is 23.5 Å². The molecule has 1 aromatic heterocycles. The molecule has 3 aromatic carbocycles. The number of phenolic OH excluding ortho intramolecular Hbond substituents is 1. The second kappa shape index (κ2) is 10.4. The lowest BCUT2D eigenvalue weighted by molar-refractivity contribution is -0.138. The molecule has 4 atom stereocenters. The van der Waals surface area contributed by atoms with E-state index in [-0.39, 0.29) is 29.4 Å². The van der Waals surface area contributed by atoms with Crippen LogP contribution in [0.5, 0.6) is 11.5 Å². The summed E-state index contributed by atoms with van der Waals surface area (Å²) in [5.41, 5.74) is 2.19. The Morgan fingerprint density at radius 3 is 2.40 bits per heavy atom. The highest BCUT2D eigenvalue weighted by molar-refractivity contribution is 6.36. The second-order valence-corrected chi connectivity index (χ2v) is 12.2. The van der Waals surface area contributed by atoms with E-state index in [9.17, 15) is 19.5 Å². The number of fused-ring (bicyclic) bond motifs is 4. The molecule has 2 aliphatic heterocycles. The molecule has 1 saturated carbocycles. The van der Waals surface area contributed by atoms with Crippen molar-refractivity contribution in [2.45, 2.75) is 30.3 Å². The first-order valence-electron chi connectivity index (χ1n) is 14.2. The summed E-state index contributed by atoms with van der Waals surface area (Å²) in [5.74, 6) is -2.58. The number of nitrogens with zero attached hydrogens (tertiary/aromatic N) is 4. The number of anilines is 1. The van der Waals surface area contributed by atoms with Gasteiger partial charge in [-0.3, -0.25) is 15.0 Å². The molecule has 7 rings (SSSR count). The Hall–Kier alpha value is -4.74. The van der Waals surface area contributed by atoms with Gasteiger partial charge in [-0.1, -0.05) is 59.6 Å². The van der Waals surface area contributed by atoms with Crippen molar-refractivity contribution < 1.29 is 19.4 Å². The van der Waals surface area contributed by atoms with Gasteiger partial charge in [0.15, 0.2) is 0 Å². The van der Waals surface area contributed by atoms with Gasteiger partial charge >= 0.3 is 11.4 Å². The summed E-state index contributed by atoms with van der Waals surface area (Å²) in [4.78, 5) is 56.0. The van der Waals surface area contributed by atoms with Crippen LogP contribution in [0.3, 0.4) is 0 Å². The van der Waals surface area contributed by atoms with Gasteiger partial charge in [0.25, 0.3) is 11.8 Å². The van der Waals surface area contributed by atoms with E-state index in [2.05, 4.69) is 5.43 Å². The predicted molar refractivity (Wildman–Crippen MR) is 167 cm³/mol. The van der Waals surface area contributed by atoms with E-state index in [1.54, 1.807) is 54.6 Å². The fourth-order valence-corrected chi connectivity index (χ4v) is 7.74. The molecule has 3 heterocycles. The Balaban J connectivity index is 1.51. The van der Waals surface area contributed by atoms with Crippen molar-refractivity contribution >= 4 is 40.7 Å².